The van der Waals surface area contributed by atoms with Gasteiger partial charge in [0.15, 0.2) is 0 Å². The van der Waals surface area contributed by atoms with Crippen molar-refractivity contribution in [3.05, 3.63) is 54.1 Å². The Morgan fingerprint density at radius 2 is 1.78 bits per heavy atom. The van der Waals surface area contributed by atoms with Crippen LogP contribution in [0.15, 0.2) is 48.5 Å². The van der Waals surface area contributed by atoms with E-state index in [-0.39, 0.29) is 6.03 Å². The molecule has 0 radical (unpaired) electrons. The van der Waals surface area contributed by atoms with Crippen molar-refractivity contribution < 1.29 is 14.3 Å². The molecule has 0 saturated carbocycles. The van der Waals surface area contributed by atoms with Crippen LogP contribution in [0.3, 0.4) is 0 Å². The van der Waals surface area contributed by atoms with Gasteiger partial charge in [-0.25, -0.2) is 4.79 Å². The van der Waals surface area contributed by atoms with Gasteiger partial charge in [-0.3, -0.25) is 0 Å². The van der Waals surface area contributed by atoms with E-state index in [1.165, 1.54) is 0 Å². The van der Waals surface area contributed by atoms with Crippen LogP contribution in [0.5, 0.6) is 11.5 Å². The first-order valence-electron chi connectivity index (χ1n) is 9.25. The van der Waals surface area contributed by atoms with Gasteiger partial charge in [0.05, 0.1) is 19.9 Å². The Labute approximate surface area is 160 Å². The van der Waals surface area contributed by atoms with Crippen molar-refractivity contribution >= 4 is 11.7 Å². The molecular formula is C21H27N3O3. The Bertz CT molecular complexity index is 758. The summed E-state index contributed by atoms with van der Waals surface area (Å²) in [6, 6.07) is 15.9. The molecule has 0 aliphatic carbocycles. The molecule has 1 aliphatic heterocycles. The zero-order valence-corrected chi connectivity index (χ0v) is 16.0. The van der Waals surface area contributed by atoms with E-state index in [1.54, 1.807) is 14.2 Å². The van der Waals surface area contributed by atoms with Gasteiger partial charge >= 0.3 is 6.03 Å². The number of carbonyl (C=O) groups is 1. The fourth-order valence-electron chi connectivity index (χ4n) is 3.30. The molecule has 2 aromatic rings. The number of benzene rings is 2. The van der Waals surface area contributed by atoms with E-state index in [0.717, 1.165) is 42.3 Å². The highest BCUT2D eigenvalue weighted by Gasteiger charge is 2.22. The minimum atomic E-state index is -0.00225. The molecule has 1 N–H and O–H groups in total. The molecule has 3 rings (SSSR count). The number of nitrogens with one attached hydrogen (secondary N) is 1. The molecule has 1 fully saturated rings. The molecule has 1 saturated heterocycles. The Morgan fingerprint density at radius 3 is 2.52 bits per heavy atom. The Kier molecular flexibility index (Phi) is 6.41. The lowest BCUT2D eigenvalue weighted by Crippen LogP contribution is -2.52. The smallest absolute Gasteiger partial charge is 0.317 e. The van der Waals surface area contributed by atoms with E-state index in [0.29, 0.717) is 19.6 Å². The number of carbonyl (C=O) groups excluding carboxylic acids is 1. The van der Waals surface area contributed by atoms with Gasteiger partial charge in [0.1, 0.15) is 11.5 Å². The van der Waals surface area contributed by atoms with E-state index in [4.69, 9.17) is 9.47 Å². The second-order valence-electron chi connectivity index (χ2n) is 6.48. The second kappa shape index (κ2) is 9.16. The zero-order valence-electron chi connectivity index (χ0n) is 16.0. The number of methoxy groups -OCH3 is 2. The average molecular weight is 369 g/mol. The Morgan fingerprint density at radius 1 is 1.00 bits per heavy atom. The number of amides is 2. The summed E-state index contributed by atoms with van der Waals surface area (Å²) < 4.78 is 10.7. The predicted molar refractivity (Wildman–Crippen MR) is 107 cm³/mol. The zero-order chi connectivity index (χ0) is 19.1. The molecule has 0 bridgehead atoms. The largest absolute Gasteiger partial charge is 0.497 e. The molecule has 6 nitrogen and oxygen atoms in total. The molecule has 0 atom stereocenters. The highest BCUT2D eigenvalue weighted by atomic mass is 16.5. The topological polar surface area (TPSA) is 54.0 Å². The number of hydrogen-bond acceptors (Lipinski definition) is 4. The van der Waals surface area contributed by atoms with Crippen LogP contribution in [0.2, 0.25) is 0 Å². The van der Waals surface area contributed by atoms with Crippen molar-refractivity contribution in [1.29, 1.82) is 0 Å². The van der Waals surface area contributed by atoms with E-state index >= 15 is 0 Å². The maximum Gasteiger partial charge on any atom is 0.317 e. The normalized spacial score (nSPS) is 14.0. The fraction of sp³-hybridized carbons (Fsp3) is 0.381. The summed E-state index contributed by atoms with van der Waals surface area (Å²) in [5.74, 6) is 1.71. The van der Waals surface area contributed by atoms with Crippen LogP contribution in [-0.4, -0.2) is 57.9 Å². The van der Waals surface area contributed by atoms with Crippen LogP contribution in [0.4, 0.5) is 10.5 Å². The molecule has 27 heavy (non-hydrogen) atoms. The molecule has 2 amide bonds. The molecular weight excluding hydrogens is 342 g/mol. The van der Waals surface area contributed by atoms with Crippen LogP contribution in [0.1, 0.15) is 5.56 Å². The molecule has 1 heterocycles. The first kappa shape index (κ1) is 18.9. The second-order valence-corrected chi connectivity index (χ2v) is 6.48. The van der Waals surface area contributed by atoms with Crippen LogP contribution >= 0.6 is 0 Å². The van der Waals surface area contributed by atoms with Gasteiger partial charge in [0, 0.05) is 32.7 Å². The minimum absolute atomic E-state index is 0.00225. The third kappa shape index (κ3) is 4.84. The number of hydrogen-bond donors (Lipinski definition) is 1. The number of urea groups is 1. The fourth-order valence-corrected chi connectivity index (χ4v) is 3.30. The first-order chi connectivity index (χ1) is 13.2. The van der Waals surface area contributed by atoms with Crippen molar-refractivity contribution in [2.45, 2.75) is 6.42 Å². The number of para-hydroxylation sites is 2. The highest BCUT2D eigenvalue weighted by molar-refractivity contribution is 5.74. The molecule has 0 unspecified atom stereocenters. The molecule has 2 aromatic carbocycles. The van der Waals surface area contributed by atoms with E-state index in [2.05, 4.69) is 16.3 Å². The number of piperazine rings is 1. The quantitative estimate of drug-likeness (QED) is 0.851. The minimum Gasteiger partial charge on any atom is -0.497 e. The lowest BCUT2D eigenvalue weighted by Gasteiger charge is -2.36. The standard InChI is InChI=1S/C21H27N3O3/c1-26-18-7-5-6-17(16-18)10-11-22-21(25)24-14-12-23(13-15-24)19-8-3-4-9-20(19)27-2/h3-9,16H,10-15H2,1-2H3,(H,22,25). The summed E-state index contributed by atoms with van der Waals surface area (Å²) in [6.07, 6.45) is 0.782. The summed E-state index contributed by atoms with van der Waals surface area (Å²) in [4.78, 5) is 16.6. The van der Waals surface area contributed by atoms with Crippen molar-refractivity contribution in [3.8, 4) is 11.5 Å². The Balaban J connectivity index is 1.45. The summed E-state index contributed by atoms with van der Waals surface area (Å²) in [5, 5.41) is 3.02. The summed E-state index contributed by atoms with van der Waals surface area (Å²) >= 11 is 0. The SMILES string of the molecule is COc1cccc(CCNC(=O)N2CCN(c3ccccc3OC)CC2)c1. The molecule has 0 aromatic heterocycles. The van der Waals surface area contributed by atoms with E-state index in [9.17, 15) is 4.79 Å². The van der Waals surface area contributed by atoms with Crippen molar-refractivity contribution in [1.82, 2.24) is 10.2 Å². The molecule has 6 heteroatoms. The molecule has 0 spiro atoms. The van der Waals surface area contributed by atoms with Gasteiger partial charge in [-0.15, -0.1) is 0 Å². The van der Waals surface area contributed by atoms with E-state index < -0.39 is 0 Å². The third-order valence-corrected chi connectivity index (χ3v) is 4.82. The monoisotopic (exact) mass is 369 g/mol. The maximum absolute atomic E-state index is 12.4. The van der Waals surface area contributed by atoms with Gasteiger partial charge < -0.3 is 24.6 Å². The number of nitrogens with zero attached hydrogens (tertiary/aromatic N) is 2. The Hall–Kier alpha value is -2.89. The van der Waals surface area contributed by atoms with Crippen molar-refractivity contribution in [3.63, 3.8) is 0 Å². The lowest BCUT2D eigenvalue weighted by molar-refractivity contribution is 0.194. The molecule has 144 valence electrons. The van der Waals surface area contributed by atoms with Crippen LogP contribution in [-0.2, 0) is 6.42 Å². The van der Waals surface area contributed by atoms with Crippen molar-refractivity contribution in [2.24, 2.45) is 0 Å². The number of ether oxygens (including phenoxy) is 2. The molecule has 1 aliphatic rings. The van der Waals surface area contributed by atoms with Gasteiger partial charge in [0.2, 0.25) is 0 Å². The van der Waals surface area contributed by atoms with Crippen LogP contribution < -0.4 is 19.7 Å². The summed E-state index contributed by atoms with van der Waals surface area (Å²) in [6.45, 7) is 3.60. The van der Waals surface area contributed by atoms with Crippen molar-refractivity contribution in [2.75, 3.05) is 51.8 Å². The van der Waals surface area contributed by atoms with Gasteiger partial charge in [-0.2, -0.15) is 0 Å². The summed E-state index contributed by atoms with van der Waals surface area (Å²) in [7, 11) is 3.34. The maximum atomic E-state index is 12.4. The van der Waals surface area contributed by atoms with Gasteiger partial charge in [0.25, 0.3) is 0 Å². The van der Waals surface area contributed by atoms with E-state index in [1.807, 2.05) is 47.4 Å². The van der Waals surface area contributed by atoms with Gasteiger partial charge in [-0.05, 0) is 36.2 Å². The number of anilines is 1. The summed E-state index contributed by atoms with van der Waals surface area (Å²) in [5.41, 5.74) is 2.23. The lowest BCUT2D eigenvalue weighted by atomic mass is 10.1. The number of rotatable bonds is 6. The first-order valence-corrected chi connectivity index (χ1v) is 9.25. The van der Waals surface area contributed by atoms with Crippen LogP contribution in [0.25, 0.3) is 0 Å². The van der Waals surface area contributed by atoms with Gasteiger partial charge in [-0.1, -0.05) is 24.3 Å². The average Bonchev–Trinajstić information content (AvgIpc) is 2.74. The highest BCUT2D eigenvalue weighted by Crippen LogP contribution is 2.28. The third-order valence-electron chi connectivity index (χ3n) is 4.82. The van der Waals surface area contributed by atoms with Crippen LogP contribution in [0, 0.1) is 0 Å². The predicted octanol–water partition coefficient (Wildman–Crippen LogP) is 2.78.